The summed E-state index contributed by atoms with van der Waals surface area (Å²) in [6.45, 7) is 0. The minimum absolute atomic E-state index is 0.259. The maximum absolute atomic E-state index is 5.52. The van der Waals surface area contributed by atoms with Crippen LogP contribution in [0.25, 0.3) is 0 Å². The molecule has 0 N–H and O–H groups in total. The van der Waals surface area contributed by atoms with Gasteiger partial charge in [-0.2, -0.15) is 0 Å². The first-order chi connectivity index (χ1) is 4.72. The highest BCUT2D eigenvalue weighted by Crippen LogP contribution is 1.75. The Morgan fingerprint density at radius 2 is 1.10 bits per heavy atom. The molecule has 0 nitrogen and oxygen atoms in total. The lowest BCUT2D eigenvalue weighted by molar-refractivity contribution is 3.63. The van der Waals surface area contributed by atoms with Crippen LogP contribution in [0.2, 0.25) is 0 Å². The predicted molar refractivity (Wildman–Crippen MR) is 57.5 cm³/mol. The first-order valence-electron chi connectivity index (χ1n) is 3.00. The summed E-state index contributed by atoms with van der Waals surface area (Å²) in [6, 6.07) is 0. The van der Waals surface area contributed by atoms with Crippen LogP contribution in [0.3, 0.4) is 0 Å². The van der Waals surface area contributed by atoms with Crippen LogP contribution in [0, 0.1) is 0 Å². The summed E-state index contributed by atoms with van der Waals surface area (Å²) in [4.78, 5) is 0. The molecule has 0 aromatic carbocycles. The zero-order chi connectivity index (χ0) is 7.98. The third kappa shape index (κ3) is 4.46. The second-order valence-corrected chi connectivity index (χ2v) is 1.92. The van der Waals surface area contributed by atoms with E-state index >= 15 is 0 Å². The predicted octanol–water partition coefficient (Wildman–Crippen LogP) is -3.81. The maximum atomic E-state index is 5.52. The van der Waals surface area contributed by atoms with Crippen molar-refractivity contribution in [2.24, 2.45) is 0 Å². The summed E-state index contributed by atoms with van der Waals surface area (Å²) >= 11 is 0. The summed E-state index contributed by atoms with van der Waals surface area (Å²) in [5.74, 6) is 0. The lowest BCUT2D eigenvalue weighted by Crippen LogP contribution is -2.51. The minimum atomic E-state index is -0.259. The molecule has 0 saturated heterocycles. The molecule has 0 fully saturated rings. The van der Waals surface area contributed by atoms with Gasteiger partial charge in [-0.3, -0.25) is 0 Å². The van der Waals surface area contributed by atoms with E-state index in [0.29, 0.717) is 0 Å². The van der Waals surface area contributed by atoms with Crippen molar-refractivity contribution >= 4 is 72.0 Å². The highest BCUT2D eigenvalue weighted by molar-refractivity contribution is 7.89. The van der Waals surface area contributed by atoms with Crippen LogP contribution < -0.4 is 0 Å². The molecular formula is B10. The van der Waals surface area contributed by atoms with E-state index in [0.717, 1.165) is 0 Å². The molecule has 30 valence electrons. The second-order valence-electron chi connectivity index (χ2n) is 1.92. The topological polar surface area (TPSA) is 0 Å². The van der Waals surface area contributed by atoms with Crippen molar-refractivity contribution in [1.82, 2.24) is 0 Å². The van der Waals surface area contributed by atoms with E-state index in [1.807, 2.05) is 0 Å². The molecule has 0 unspecified atom stereocenters. The molecule has 12 radical (unpaired) electrons. The van der Waals surface area contributed by atoms with E-state index in [-0.39, 0.29) is 12.8 Å². The fourth-order valence-corrected chi connectivity index (χ4v) is 0.513. The van der Waals surface area contributed by atoms with Crippen LogP contribution in [0.1, 0.15) is 0 Å². The Morgan fingerprint density at radius 1 is 0.800 bits per heavy atom. The molecule has 0 saturated carbocycles. The van der Waals surface area contributed by atoms with E-state index in [1.165, 1.54) is 14.1 Å². The molecule has 0 bridgehead atoms. The van der Waals surface area contributed by atoms with Crippen LogP contribution in [-0.4, -0.2) is 72.0 Å². The standard InChI is InChI=1S/B10/c1-5-7-9(3)10(4)8-6-2. The Morgan fingerprint density at radius 3 is 1.30 bits per heavy atom. The Hall–Kier alpha value is 0.649. The molecule has 0 aliphatic carbocycles. The van der Waals surface area contributed by atoms with Crippen molar-refractivity contribution in [3.8, 4) is 0 Å². The van der Waals surface area contributed by atoms with Crippen molar-refractivity contribution in [3.05, 3.63) is 0 Å². The van der Waals surface area contributed by atoms with Crippen molar-refractivity contribution in [2.75, 3.05) is 0 Å². The van der Waals surface area contributed by atoms with Gasteiger partial charge in [0.2, 0.25) is 0 Å². The van der Waals surface area contributed by atoms with Crippen LogP contribution in [0.4, 0.5) is 0 Å². The van der Waals surface area contributed by atoms with Gasteiger partial charge in [-0.1, -0.05) is 0 Å². The average molecular weight is 108 g/mol. The Bertz CT molecular complexity index is 56.4. The lowest BCUT2D eigenvalue weighted by atomic mass is 8.69. The van der Waals surface area contributed by atoms with Gasteiger partial charge in [0, 0.05) is 72.0 Å². The molecule has 0 spiro atoms. The van der Waals surface area contributed by atoms with Crippen molar-refractivity contribution in [2.45, 2.75) is 0 Å². The molecule has 0 aromatic rings. The normalized spacial score (nSPS) is 7.60. The summed E-state index contributed by atoms with van der Waals surface area (Å²) in [5, 5.41) is 0. The molecule has 0 atom stereocenters. The monoisotopic (exact) mass is 110 g/mol. The highest BCUT2D eigenvalue weighted by Gasteiger charge is 2.13. The minimum Gasteiger partial charge on any atom is 0 e. The number of rotatable bonds is 5. The van der Waals surface area contributed by atoms with E-state index in [1.54, 1.807) is 14.1 Å². The van der Waals surface area contributed by atoms with Crippen molar-refractivity contribution in [1.29, 1.82) is 0 Å². The summed E-state index contributed by atoms with van der Waals surface area (Å²) in [5.41, 5.74) is 0. The first kappa shape index (κ1) is 10.6. The molecule has 10 heavy (non-hydrogen) atoms. The summed E-state index contributed by atoms with van der Waals surface area (Å²) in [6.07, 6.45) is -0.519. The maximum Gasteiger partial charge on any atom is 0 e. The van der Waals surface area contributed by atoms with Crippen LogP contribution in [-0.2, 0) is 0 Å². The zero-order valence-electron chi connectivity index (χ0n) is 5.77. The van der Waals surface area contributed by atoms with Crippen LogP contribution in [0.5, 0.6) is 0 Å². The van der Waals surface area contributed by atoms with Crippen molar-refractivity contribution in [3.63, 3.8) is 0 Å². The van der Waals surface area contributed by atoms with Gasteiger partial charge in [-0.25, -0.2) is 0 Å². The van der Waals surface area contributed by atoms with Crippen molar-refractivity contribution < 1.29 is 0 Å². The average Bonchev–Trinajstić information content (AvgIpc) is 1.89. The molecule has 0 aliphatic heterocycles. The molecular weight excluding hydrogens is 108 g/mol. The van der Waals surface area contributed by atoms with E-state index in [4.69, 9.17) is 30.9 Å². The van der Waals surface area contributed by atoms with Gasteiger partial charge >= 0.3 is 0 Å². The molecule has 0 amide bonds. The van der Waals surface area contributed by atoms with Gasteiger partial charge in [0.1, 0.15) is 0 Å². The Labute approximate surface area is 72.4 Å². The van der Waals surface area contributed by atoms with Crippen LogP contribution in [0.15, 0.2) is 0 Å². The largest absolute Gasteiger partial charge is 0 e. The first-order valence-corrected chi connectivity index (χ1v) is 3.00. The van der Waals surface area contributed by atoms with Gasteiger partial charge in [-0.05, 0) is 0 Å². The Kier molecular flexibility index (Phi) is 6.78. The van der Waals surface area contributed by atoms with Gasteiger partial charge in [-0.15, -0.1) is 0 Å². The molecule has 0 heterocycles. The number of hydrogen-bond acceptors (Lipinski definition) is 0. The van der Waals surface area contributed by atoms with E-state index < -0.39 is 0 Å². The van der Waals surface area contributed by atoms with Gasteiger partial charge in [0.05, 0.1) is 0 Å². The lowest BCUT2D eigenvalue weighted by Gasteiger charge is -2.13. The van der Waals surface area contributed by atoms with Gasteiger partial charge in [0.15, 0.2) is 0 Å². The third-order valence-electron chi connectivity index (χ3n) is 1.11. The molecule has 0 aromatic heterocycles. The molecule has 10 heteroatoms. The SMILES string of the molecule is [B][B][B]B([B])B([B])[B][B][B]. The van der Waals surface area contributed by atoms with Gasteiger partial charge in [0.25, 0.3) is 0 Å². The Balaban J connectivity index is 3.38. The summed E-state index contributed by atoms with van der Waals surface area (Å²) in [7, 11) is 27.2. The van der Waals surface area contributed by atoms with Gasteiger partial charge < -0.3 is 0 Å². The number of hydrogen-bond donors (Lipinski definition) is 0. The fraction of sp³-hybridized carbons (Fsp3) is 0. The third-order valence-corrected chi connectivity index (χ3v) is 1.11. The van der Waals surface area contributed by atoms with E-state index in [2.05, 4.69) is 0 Å². The highest BCUT2D eigenvalue weighted by atomic mass is 12.9. The molecule has 0 rings (SSSR count). The quantitative estimate of drug-likeness (QED) is 0.317. The van der Waals surface area contributed by atoms with Crippen LogP contribution >= 0.6 is 0 Å². The fourth-order valence-electron chi connectivity index (χ4n) is 0.513. The smallest absolute Gasteiger partial charge is 0 e. The second kappa shape index (κ2) is 6.37. The van der Waals surface area contributed by atoms with E-state index in [9.17, 15) is 0 Å². The zero-order valence-corrected chi connectivity index (χ0v) is 5.77. The summed E-state index contributed by atoms with van der Waals surface area (Å²) < 4.78 is 0. The molecule has 0 aliphatic rings.